The number of ether oxygens (including phenoxy) is 2. The summed E-state index contributed by atoms with van der Waals surface area (Å²) < 4.78 is 11.1. The molecule has 0 unspecified atom stereocenters. The smallest absolute Gasteiger partial charge is 0.161 e. The van der Waals surface area contributed by atoms with Gasteiger partial charge in [0.15, 0.2) is 11.5 Å². The van der Waals surface area contributed by atoms with Gasteiger partial charge in [0, 0.05) is 17.9 Å². The number of benzene rings is 1. The van der Waals surface area contributed by atoms with E-state index in [-0.39, 0.29) is 0 Å². The van der Waals surface area contributed by atoms with Crippen LogP contribution in [0.5, 0.6) is 11.5 Å². The van der Waals surface area contributed by atoms with Gasteiger partial charge in [0.1, 0.15) is 0 Å². The lowest BCUT2D eigenvalue weighted by Crippen LogP contribution is -1.97. The first kappa shape index (κ1) is 11.4. The third-order valence-electron chi connectivity index (χ3n) is 2.33. The van der Waals surface area contributed by atoms with Crippen LogP contribution in [0.4, 0.5) is 0 Å². The van der Waals surface area contributed by atoms with Crippen molar-refractivity contribution in [3.05, 3.63) is 40.3 Å². The normalized spacial score (nSPS) is 14.1. The summed E-state index contributed by atoms with van der Waals surface area (Å²) in [5.74, 6) is 1.56. The molecule has 0 atom stereocenters. The molecule has 5 nitrogen and oxygen atoms in total. The maximum atomic E-state index is 8.14. The van der Waals surface area contributed by atoms with E-state index in [4.69, 9.17) is 15.0 Å². The van der Waals surface area contributed by atoms with E-state index < -0.39 is 0 Å². The second kappa shape index (κ2) is 5.82. The summed E-state index contributed by atoms with van der Waals surface area (Å²) in [5.41, 5.74) is 9.14. The summed E-state index contributed by atoms with van der Waals surface area (Å²) in [6.07, 6.45) is 4.60. The van der Waals surface area contributed by atoms with Gasteiger partial charge in [0.05, 0.1) is 13.2 Å². The van der Waals surface area contributed by atoms with Crippen molar-refractivity contribution < 1.29 is 9.47 Å². The molecule has 0 radical (unpaired) electrons. The highest BCUT2D eigenvalue weighted by molar-refractivity contribution is 5.56. The molecular formula is C12H13N3O2. The van der Waals surface area contributed by atoms with Crippen molar-refractivity contribution in [3.8, 4) is 11.5 Å². The Bertz CT molecular complexity index is 465. The monoisotopic (exact) mass is 231 g/mol. The Labute approximate surface area is 99.3 Å². The van der Waals surface area contributed by atoms with Crippen LogP contribution in [0.15, 0.2) is 29.4 Å². The molecule has 1 aromatic carbocycles. The minimum atomic E-state index is 0.352. The molecule has 0 bridgehead atoms. The van der Waals surface area contributed by atoms with E-state index in [1.807, 2.05) is 24.3 Å². The quantitative estimate of drug-likeness (QED) is 0.455. The van der Waals surface area contributed by atoms with Crippen LogP contribution in [0.1, 0.15) is 12.0 Å². The first-order valence-corrected chi connectivity index (χ1v) is 5.47. The Morgan fingerprint density at radius 3 is 2.94 bits per heavy atom. The molecule has 17 heavy (non-hydrogen) atoms. The Hall–Kier alpha value is -2.13. The predicted octanol–water partition coefficient (Wildman–Crippen LogP) is 3.17. The number of fused-ring (bicyclic) bond motifs is 1. The van der Waals surface area contributed by atoms with Crippen LogP contribution in [0.3, 0.4) is 0 Å². The van der Waals surface area contributed by atoms with E-state index in [1.54, 1.807) is 6.08 Å². The van der Waals surface area contributed by atoms with Gasteiger partial charge < -0.3 is 9.47 Å². The third-order valence-corrected chi connectivity index (χ3v) is 2.33. The Balaban J connectivity index is 2.12. The fraction of sp³-hybridized carbons (Fsp3) is 0.333. The van der Waals surface area contributed by atoms with E-state index in [2.05, 4.69) is 10.0 Å². The Kier molecular flexibility index (Phi) is 3.89. The summed E-state index contributed by atoms with van der Waals surface area (Å²) in [7, 11) is 0. The molecule has 1 aliphatic rings. The van der Waals surface area contributed by atoms with Gasteiger partial charge in [-0.3, -0.25) is 0 Å². The molecule has 1 aromatic rings. The van der Waals surface area contributed by atoms with Crippen molar-refractivity contribution in [2.75, 3.05) is 19.8 Å². The lowest BCUT2D eigenvalue weighted by Gasteiger charge is -2.07. The molecule has 0 aliphatic carbocycles. The number of rotatable bonds is 3. The van der Waals surface area contributed by atoms with Crippen molar-refractivity contribution in [2.45, 2.75) is 6.42 Å². The van der Waals surface area contributed by atoms with Crippen LogP contribution < -0.4 is 9.47 Å². The zero-order valence-electron chi connectivity index (χ0n) is 9.37. The standard InChI is InChI=1S/C12H13N3O2/c13-15-14-6-1-3-10-4-5-11-12(9-10)17-8-2-7-16-11/h1,3-5,9H,2,6-8H2. The lowest BCUT2D eigenvalue weighted by atomic mass is 10.2. The number of hydrogen-bond donors (Lipinski definition) is 0. The molecule has 0 aromatic heterocycles. The first-order chi connectivity index (χ1) is 8.40. The van der Waals surface area contributed by atoms with Crippen LogP contribution in [0.25, 0.3) is 16.5 Å². The molecule has 88 valence electrons. The molecule has 0 saturated heterocycles. The second-order valence-electron chi connectivity index (χ2n) is 3.57. The van der Waals surface area contributed by atoms with E-state index >= 15 is 0 Å². The summed E-state index contributed by atoms with van der Waals surface area (Å²) in [6, 6.07) is 5.77. The average Bonchev–Trinajstić information content (AvgIpc) is 2.59. The molecular weight excluding hydrogens is 218 g/mol. The molecule has 1 heterocycles. The number of azide groups is 1. The van der Waals surface area contributed by atoms with Crippen LogP contribution in [0, 0.1) is 0 Å². The predicted molar refractivity (Wildman–Crippen MR) is 65.1 cm³/mol. The van der Waals surface area contributed by atoms with Crippen LogP contribution in [-0.2, 0) is 0 Å². The van der Waals surface area contributed by atoms with Gasteiger partial charge in [0.2, 0.25) is 0 Å². The maximum Gasteiger partial charge on any atom is 0.161 e. The zero-order valence-corrected chi connectivity index (χ0v) is 9.37. The third kappa shape index (κ3) is 3.16. The van der Waals surface area contributed by atoms with Gasteiger partial charge in [0.25, 0.3) is 0 Å². The maximum absolute atomic E-state index is 8.14. The first-order valence-electron chi connectivity index (χ1n) is 5.47. The van der Waals surface area contributed by atoms with E-state index in [0.29, 0.717) is 19.8 Å². The van der Waals surface area contributed by atoms with Crippen LogP contribution in [0.2, 0.25) is 0 Å². The molecule has 0 spiro atoms. The molecule has 0 fully saturated rings. The zero-order chi connectivity index (χ0) is 11.9. The summed E-state index contributed by atoms with van der Waals surface area (Å²) in [5, 5.41) is 3.43. The van der Waals surface area contributed by atoms with Crippen LogP contribution >= 0.6 is 0 Å². The van der Waals surface area contributed by atoms with Crippen molar-refractivity contribution in [2.24, 2.45) is 5.11 Å². The molecule has 0 saturated carbocycles. The van der Waals surface area contributed by atoms with Crippen molar-refractivity contribution in [3.63, 3.8) is 0 Å². The van der Waals surface area contributed by atoms with Gasteiger partial charge in [-0.05, 0) is 23.2 Å². The molecule has 0 amide bonds. The largest absolute Gasteiger partial charge is 0.490 e. The highest BCUT2D eigenvalue weighted by atomic mass is 16.5. The van der Waals surface area contributed by atoms with Crippen molar-refractivity contribution in [1.82, 2.24) is 0 Å². The minimum absolute atomic E-state index is 0.352. The SMILES string of the molecule is [N-]=[N+]=NCC=Cc1ccc2c(c1)OCCCO2. The van der Waals surface area contributed by atoms with Gasteiger partial charge in [-0.25, -0.2) is 0 Å². The highest BCUT2D eigenvalue weighted by Gasteiger charge is 2.09. The van der Waals surface area contributed by atoms with Gasteiger partial charge in [-0.2, -0.15) is 0 Å². The fourth-order valence-electron chi connectivity index (χ4n) is 1.56. The van der Waals surface area contributed by atoms with Crippen molar-refractivity contribution >= 4 is 6.08 Å². The summed E-state index contributed by atoms with van der Waals surface area (Å²) in [6.45, 7) is 1.73. The Morgan fingerprint density at radius 2 is 2.12 bits per heavy atom. The molecule has 5 heteroatoms. The molecule has 2 rings (SSSR count). The average molecular weight is 231 g/mol. The number of hydrogen-bond acceptors (Lipinski definition) is 3. The van der Waals surface area contributed by atoms with E-state index in [1.165, 1.54) is 0 Å². The van der Waals surface area contributed by atoms with Gasteiger partial charge in [-0.1, -0.05) is 23.3 Å². The summed E-state index contributed by atoms with van der Waals surface area (Å²) >= 11 is 0. The molecule has 0 N–H and O–H groups in total. The second-order valence-corrected chi connectivity index (χ2v) is 3.57. The highest BCUT2D eigenvalue weighted by Crippen LogP contribution is 2.30. The van der Waals surface area contributed by atoms with Gasteiger partial charge in [-0.15, -0.1) is 0 Å². The van der Waals surface area contributed by atoms with Crippen LogP contribution in [-0.4, -0.2) is 19.8 Å². The van der Waals surface area contributed by atoms with Crippen molar-refractivity contribution in [1.29, 1.82) is 0 Å². The van der Waals surface area contributed by atoms with E-state index in [0.717, 1.165) is 23.5 Å². The van der Waals surface area contributed by atoms with E-state index in [9.17, 15) is 0 Å². The Morgan fingerprint density at radius 1 is 1.29 bits per heavy atom. The summed E-state index contributed by atoms with van der Waals surface area (Å²) in [4.78, 5) is 2.68. The minimum Gasteiger partial charge on any atom is -0.490 e. The molecule has 1 aliphatic heterocycles. The number of nitrogens with zero attached hydrogens (tertiary/aromatic N) is 3. The fourth-order valence-corrected chi connectivity index (χ4v) is 1.56. The van der Waals surface area contributed by atoms with Gasteiger partial charge >= 0.3 is 0 Å². The lowest BCUT2D eigenvalue weighted by molar-refractivity contribution is 0.297. The topological polar surface area (TPSA) is 67.2 Å².